The van der Waals surface area contributed by atoms with E-state index in [2.05, 4.69) is 0 Å². The SMILES string of the molecule is COc1ccccc1C(=O)CC(C)N. The average Bonchev–Trinajstić information content (AvgIpc) is 2.16. The van der Waals surface area contributed by atoms with Crippen LogP contribution < -0.4 is 10.5 Å². The summed E-state index contributed by atoms with van der Waals surface area (Å²) in [6.07, 6.45) is 0.348. The van der Waals surface area contributed by atoms with Gasteiger partial charge in [0.1, 0.15) is 5.75 Å². The van der Waals surface area contributed by atoms with Crippen LogP contribution in [0.3, 0.4) is 0 Å². The zero-order valence-corrected chi connectivity index (χ0v) is 8.49. The minimum atomic E-state index is -0.118. The van der Waals surface area contributed by atoms with E-state index in [9.17, 15) is 4.79 Å². The molecular weight excluding hydrogens is 178 g/mol. The molecule has 1 atom stereocenters. The van der Waals surface area contributed by atoms with E-state index in [1.165, 1.54) is 0 Å². The van der Waals surface area contributed by atoms with Crippen molar-refractivity contribution in [3.05, 3.63) is 29.8 Å². The van der Waals surface area contributed by atoms with Crippen molar-refractivity contribution in [3.63, 3.8) is 0 Å². The molecule has 0 bridgehead atoms. The molecule has 0 aliphatic heterocycles. The zero-order valence-electron chi connectivity index (χ0n) is 8.49. The molecule has 0 fully saturated rings. The average molecular weight is 193 g/mol. The molecule has 3 nitrogen and oxygen atoms in total. The van der Waals surface area contributed by atoms with Gasteiger partial charge in [-0.15, -0.1) is 0 Å². The van der Waals surface area contributed by atoms with Gasteiger partial charge in [-0.1, -0.05) is 12.1 Å². The van der Waals surface area contributed by atoms with Crippen LogP contribution in [0.25, 0.3) is 0 Å². The molecule has 3 heteroatoms. The van der Waals surface area contributed by atoms with Crippen molar-refractivity contribution in [2.75, 3.05) is 7.11 Å². The van der Waals surface area contributed by atoms with Crippen molar-refractivity contribution in [1.82, 2.24) is 0 Å². The lowest BCUT2D eigenvalue weighted by Crippen LogP contribution is -2.19. The second-order valence-corrected chi connectivity index (χ2v) is 3.30. The van der Waals surface area contributed by atoms with Crippen molar-refractivity contribution in [1.29, 1.82) is 0 Å². The first-order valence-corrected chi connectivity index (χ1v) is 4.57. The summed E-state index contributed by atoms with van der Waals surface area (Å²) in [5.74, 6) is 0.635. The van der Waals surface area contributed by atoms with Crippen LogP contribution in [0.5, 0.6) is 5.75 Å². The lowest BCUT2D eigenvalue weighted by Gasteiger charge is -2.08. The molecule has 14 heavy (non-hydrogen) atoms. The summed E-state index contributed by atoms with van der Waals surface area (Å²) in [6, 6.07) is 7.06. The van der Waals surface area contributed by atoms with Gasteiger partial charge in [-0.05, 0) is 19.1 Å². The number of Topliss-reactive ketones (excluding diaryl/α,β-unsaturated/α-hetero) is 1. The van der Waals surface area contributed by atoms with E-state index in [0.29, 0.717) is 17.7 Å². The molecular formula is C11H15NO2. The molecule has 0 aliphatic carbocycles. The van der Waals surface area contributed by atoms with Crippen molar-refractivity contribution >= 4 is 5.78 Å². The van der Waals surface area contributed by atoms with Gasteiger partial charge in [0.25, 0.3) is 0 Å². The number of ether oxygens (including phenoxy) is 1. The summed E-state index contributed by atoms with van der Waals surface area (Å²) < 4.78 is 5.09. The van der Waals surface area contributed by atoms with Gasteiger partial charge in [0, 0.05) is 12.5 Å². The summed E-state index contributed by atoms with van der Waals surface area (Å²) >= 11 is 0. The predicted octanol–water partition coefficient (Wildman–Crippen LogP) is 1.62. The summed E-state index contributed by atoms with van der Waals surface area (Å²) in [6.45, 7) is 1.81. The number of rotatable bonds is 4. The van der Waals surface area contributed by atoms with E-state index in [4.69, 9.17) is 10.5 Å². The van der Waals surface area contributed by atoms with Crippen LogP contribution in [-0.2, 0) is 0 Å². The van der Waals surface area contributed by atoms with E-state index in [1.807, 2.05) is 19.1 Å². The third-order valence-electron chi connectivity index (χ3n) is 1.91. The fourth-order valence-electron chi connectivity index (χ4n) is 1.28. The second-order valence-electron chi connectivity index (χ2n) is 3.30. The Bertz CT molecular complexity index is 321. The highest BCUT2D eigenvalue weighted by Crippen LogP contribution is 2.19. The smallest absolute Gasteiger partial charge is 0.168 e. The lowest BCUT2D eigenvalue weighted by atomic mass is 10.0. The first-order chi connectivity index (χ1) is 6.65. The number of benzene rings is 1. The Hall–Kier alpha value is -1.35. The van der Waals surface area contributed by atoms with Gasteiger partial charge >= 0.3 is 0 Å². The molecule has 0 saturated carbocycles. The van der Waals surface area contributed by atoms with E-state index in [0.717, 1.165) is 0 Å². The maximum Gasteiger partial charge on any atom is 0.168 e. The first-order valence-electron chi connectivity index (χ1n) is 4.57. The van der Waals surface area contributed by atoms with Crippen LogP contribution in [0.15, 0.2) is 24.3 Å². The maximum absolute atomic E-state index is 11.7. The number of hydrogen-bond donors (Lipinski definition) is 1. The van der Waals surface area contributed by atoms with Crippen molar-refractivity contribution in [3.8, 4) is 5.75 Å². The molecule has 1 aromatic carbocycles. The number of nitrogens with two attached hydrogens (primary N) is 1. The number of hydrogen-bond acceptors (Lipinski definition) is 3. The number of para-hydroxylation sites is 1. The highest BCUT2D eigenvalue weighted by molar-refractivity contribution is 5.98. The molecule has 1 unspecified atom stereocenters. The van der Waals surface area contributed by atoms with Gasteiger partial charge < -0.3 is 10.5 Å². The quantitative estimate of drug-likeness (QED) is 0.739. The van der Waals surface area contributed by atoms with Gasteiger partial charge in [-0.3, -0.25) is 4.79 Å². The van der Waals surface area contributed by atoms with E-state index < -0.39 is 0 Å². The molecule has 76 valence electrons. The van der Waals surface area contributed by atoms with Crippen LogP contribution in [0.2, 0.25) is 0 Å². The van der Waals surface area contributed by atoms with Crippen LogP contribution in [0, 0.1) is 0 Å². The molecule has 0 amide bonds. The largest absolute Gasteiger partial charge is 0.496 e. The van der Waals surface area contributed by atoms with Crippen molar-refractivity contribution in [2.24, 2.45) is 5.73 Å². The molecule has 0 saturated heterocycles. The van der Waals surface area contributed by atoms with Gasteiger partial charge in [-0.25, -0.2) is 0 Å². The predicted molar refractivity (Wildman–Crippen MR) is 55.6 cm³/mol. The molecule has 0 aromatic heterocycles. The minimum absolute atomic E-state index is 0.0254. The standard InChI is InChI=1S/C11H15NO2/c1-8(12)7-10(13)9-5-3-4-6-11(9)14-2/h3-6,8H,7,12H2,1-2H3. The Balaban J connectivity index is 2.88. The fourth-order valence-corrected chi connectivity index (χ4v) is 1.28. The molecule has 2 N–H and O–H groups in total. The zero-order chi connectivity index (χ0) is 10.6. The van der Waals surface area contributed by atoms with Crippen molar-refractivity contribution in [2.45, 2.75) is 19.4 Å². The Kier molecular flexibility index (Phi) is 3.65. The molecule has 1 aromatic rings. The van der Waals surface area contributed by atoms with Crippen LogP contribution >= 0.6 is 0 Å². The Morgan fingerprint density at radius 3 is 2.71 bits per heavy atom. The lowest BCUT2D eigenvalue weighted by molar-refractivity contribution is 0.0973. The molecule has 0 heterocycles. The topological polar surface area (TPSA) is 52.3 Å². The molecule has 1 rings (SSSR count). The Morgan fingerprint density at radius 1 is 1.50 bits per heavy atom. The van der Waals surface area contributed by atoms with Crippen LogP contribution in [0.4, 0.5) is 0 Å². The summed E-state index contributed by atoms with van der Waals surface area (Å²) in [7, 11) is 1.55. The van der Waals surface area contributed by atoms with E-state index in [1.54, 1.807) is 19.2 Å². The van der Waals surface area contributed by atoms with Gasteiger partial charge in [-0.2, -0.15) is 0 Å². The Labute approximate surface area is 83.9 Å². The number of carbonyl (C=O) groups excluding carboxylic acids is 1. The highest BCUT2D eigenvalue weighted by Gasteiger charge is 2.12. The minimum Gasteiger partial charge on any atom is -0.496 e. The monoisotopic (exact) mass is 193 g/mol. The number of methoxy groups -OCH3 is 1. The van der Waals surface area contributed by atoms with Crippen molar-refractivity contribution < 1.29 is 9.53 Å². The summed E-state index contributed by atoms with van der Waals surface area (Å²) in [5.41, 5.74) is 6.16. The van der Waals surface area contributed by atoms with Gasteiger partial charge in [0.2, 0.25) is 0 Å². The first kappa shape index (κ1) is 10.7. The summed E-state index contributed by atoms with van der Waals surface area (Å²) in [4.78, 5) is 11.7. The third kappa shape index (κ3) is 2.57. The summed E-state index contributed by atoms with van der Waals surface area (Å²) in [5, 5.41) is 0. The Morgan fingerprint density at radius 2 is 2.14 bits per heavy atom. The molecule has 0 aliphatic rings. The normalized spacial score (nSPS) is 12.2. The second kappa shape index (κ2) is 4.77. The maximum atomic E-state index is 11.7. The van der Waals surface area contributed by atoms with Gasteiger partial charge in [0.15, 0.2) is 5.78 Å². The number of carbonyl (C=O) groups is 1. The van der Waals surface area contributed by atoms with Gasteiger partial charge in [0.05, 0.1) is 12.7 Å². The van der Waals surface area contributed by atoms with E-state index >= 15 is 0 Å². The molecule has 0 spiro atoms. The highest BCUT2D eigenvalue weighted by atomic mass is 16.5. The number of ketones is 1. The third-order valence-corrected chi connectivity index (χ3v) is 1.91. The van der Waals surface area contributed by atoms with E-state index in [-0.39, 0.29) is 11.8 Å². The van der Waals surface area contributed by atoms with Crippen LogP contribution in [-0.4, -0.2) is 18.9 Å². The fraction of sp³-hybridized carbons (Fsp3) is 0.364. The van der Waals surface area contributed by atoms with Crippen LogP contribution in [0.1, 0.15) is 23.7 Å². The molecule has 0 radical (unpaired) electrons.